The number of rotatable bonds is 8. The first kappa shape index (κ1) is 24.7. The molecule has 10 heteroatoms. The number of methoxy groups -OCH3 is 1. The minimum atomic E-state index is -3.64. The lowest BCUT2D eigenvalue weighted by molar-refractivity contribution is 0.0970. The zero-order valence-electron chi connectivity index (χ0n) is 17.9. The molecule has 0 atom stereocenters. The zero-order chi connectivity index (χ0) is 23.1. The SMILES string of the molecule is COCCOc1ccccc1C(=O)NC(=S)Nc1ccc(S(=O)(=O)NC(C)(C)C)cc1. The van der Waals surface area contributed by atoms with E-state index in [2.05, 4.69) is 15.4 Å². The number of benzene rings is 2. The first-order valence-electron chi connectivity index (χ1n) is 9.49. The van der Waals surface area contributed by atoms with E-state index in [0.717, 1.165) is 0 Å². The molecule has 0 saturated heterocycles. The number of nitrogens with one attached hydrogen (secondary N) is 3. The maximum atomic E-state index is 12.6. The minimum Gasteiger partial charge on any atom is -0.490 e. The van der Waals surface area contributed by atoms with Crippen molar-refractivity contribution in [1.82, 2.24) is 10.0 Å². The van der Waals surface area contributed by atoms with Gasteiger partial charge in [-0.2, -0.15) is 0 Å². The van der Waals surface area contributed by atoms with E-state index in [1.165, 1.54) is 12.1 Å². The monoisotopic (exact) mass is 465 g/mol. The van der Waals surface area contributed by atoms with E-state index in [-0.39, 0.29) is 10.0 Å². The van der Waals surface area contributed by atoms with Gasteiger partial charge in [-0.15, -0.1) is 0 Å². The summed E-state index contributed by atoms with van der Waals surface area (Å²) >= 11 is 5.21. The molecule has 0 bridgehead atoms. The molecule has 0 aromatic heterocycles. The van der Waals surface area contributed by atoms with Gasteiger partial charge in [-0.1, -0.05) is 12.1 Å². The maximum Gasteiger partial charge on any atom is 0.261 e. The standard InChI is InChI=1S/C21H27N3O5S2/c1-21(2,3)24-31(26,27)16-11-9-15(10-12-16)22-20(30)23-19(25)17-7-5-6-8-18(17)29-14-13-28-4/h5-12,24H,13-14H2,1-4H3,(H2,22,23,25,30). The van der Waals surface area contributed by atoms with Crippen LogP contribution in [0.15, 0.2) is 53.4 Å². The third-order valence-corrected chi connectivity index (χ3v) is 5.74. The summed E-state index contributed by atoms with van der Waals surface area (Å²) in [6, 6.07) is 12.8. The minimum absolute atomic E-state index is 0.0696. The van der Waals surface area contributed by atoms with Crippen LogP contribution in [0.4, 0.5) is 5.69 Å². The van der Waals surface area contributed by atoms with E-state index in [1.54, 1.807) is 64.3 Å². The quantitative estimate of drug-likeness (QED) is 0.407. The number of amides is 1. The van der Waals surface area contributed by atoms with Gasteiger partial charge in [-0.3, -0.25) is 10.1 Å². The van der Waals surface area contributed by atoms with E-state index in [1.807, 2.05) is 0 Å². The molecule has 0 heterocycles. The number of para-hydroxylation sites is 1. The van der Waals surface area contributed by atoms with Crippen LogP contribution in [0.3, 0.4) is 0 Å². The lowest BCUT2D eigenvalue weighted by Crippen LogP contribution is -2.40. The summed E-state index contributed by atoms with van der Waals surface area (Å²) in [6.07, 6.45) is 0. The normalized spacial score (nSPS) is 11.6. The summed E-state index contributed by atoms with van der Waals surface area (Å²) in [4.78, 5) is 12.7. The van der Waals surface area contributed by atoms with Crippen LogP contribution in [0, 0.1) is 0 Å². The van der Waals surface area contributed by atoms with E-state index in [9.17, 15) is 13.2 Å². The first-order valence-corrected chi connectivity index (χ1v) is 11.4. The van der Waals surface area contributed by atoms with Gasteiger partial charge in [0.05, 0.1) is 17.1 Å². The van der Waals surface area contributed by atoms with Crippen molar-refractivity contribution in [1.29, 1.82) is 0 Å². The summed E-state index contributed by atoms with van der Waals surface area (Å²) in [5.74, 6) is -0.0140. The van der Waals surface area contributed by atoms with Crippen molar-refractivity contribution >= 4 is 38.9 Å². The molecule has 2 aromatic rings. The topological polar surface area (TPSA) is 106 Å². The molecule has 1 amide bonds. The molecule has 0 spiro atoms. The number of thiocarbonyl (C=S) groups is 1. The van der Waals surface area contributed by atoms with Gasteiger partial charge in [0.2, 0.25) is 10.0 Å². The summed E-state index contributed by atoms with van der Waals surface area (Å²) < 4.78 is 37.9. The van der Waals surface area contributed by atoms with Gasteiger partial charge in [0.25, 0.3) is 5.91 Å². The average molecular weight is 466 g/mol. The number of carbonyl (C=O) groups is 1. The summed E-state index contributed by atoms with van der Waals surface area (Å²) in [7, 11) is -2.07. The van der Waals surface area contributed by atoms with Crippen molar-refractivity contribution in [2.45, 2.75) is 31.2 Å². The van der Waals surface area contributed by atoms with Crippen LogP contribution in [0.25, 0.3) is 0 Å². The van der Waals surface area contributed by atoms with Gasteiger partial charge in [-0.25, -0.2) is 13.1 Å². The van der Waals surface area contributed by atoms with E-state index in [4.69, 9.17) is 21.7 Å². The Labute approximate surface area is 188 Å². The molecule has 0 aliphatic carbocycles. The predicted molar refractivity (Wildman–Crippen MR) is 124 cm³/mol. The highest BCUT2D eigenvalue weighted by Gasteiger charge is 2.22. The first-order chi connectivity index (χ1) is 14.5. The molecule has 0 unspecified atom stereocenters. The fourth-order valence-electron chi connectivity index (χ4n) is 2.53. The van der Waals surface area contributed by atoms with Crippen LogP contribution in [-0.2, 0) is 14.8 Å². The molecule has 0 radical (unpaired) electrons. The van der Waals surface area contributed by atoms with Crippen molar-refractivity contribution in [3.63, 3.8) is 0 Å². The summed E-state index contributed by atoms with van der Waals surface area (Å²) in [6.45, 7) is 6.00. The molecular weight excluding hydrogens is 438 g/mol. The third kappa shape index (κ3) is 7.91. The van der Waals surface area contributed by atoms with Gasteiger partial charge in [0.15, 0.2) is 5.11 Å². The van der Waals surface area contributed by atoms with E-state index in [0.29, 0.717) is 30.2 Å². The molecule has 0 aliphatic rings. The molecule has 2 rings (SSSR count). The average Bonchev–Trinajstić information content (AvgIpc) is 2.67. The Bertz CT molecular complexity index is 1020. The van der Waals surface area contributed by atoms with Crippen LogP contribution in [0.1, 0.15) is 31.1 Å². The Morgan fingerprint density at radius 1 is 1.03 bits per heavy atom. The fourth-order valence-corrected chi connectivity index (χ4v) is 4.16. The van der Waals surface area contributed by atoms with Crippen LogP contribution >= 0.6 is 12.2 Å². The Hall–Kier alpha value is -2.53. The predicted octanol–water partition coefficient (Wildman–Crippen LogP) is 2.92. The van der Waals surface area contributed by atoms with Gasteiger partial charge < -0.3 is 14.8 Å². The Morgan fingerprint density at radius 2 is 1.68 bits per heavy atom. The number of hydrogen-bond acceptors (Lipinski definition) is 6. The second-order valence-corrected chi connectivity index (χ2v) is 9.72. The summed E-state index contributed by atoms with van der Waals surface area (Å²) in [5.41, 5.74) is 0.271. The van der Waals surface area contributed by atoms with Gasteiger partial charge in [0.1, 0.15) is 12.4 Å². The number of anilines is 1. The van der Waals surface area contributed by atoms with Gasteiger partial charge in [0, 0.05) is 18.3 Å². The molecule has 0 saturated carbocycles. The van der Waals surface area contributed by atoms with Gasteiger partial charge in [-0.05, 0) is 69.4 Å². The second-order valence-electron chi connectivity index (χ2n) is 7.63. The molecule has 8 nitrogen and oxygen atoms in total. The highest BCUT2D eigenvalue weighted by Crippen LogP contribution is 2.19. The number of sulfonamides is 1. The molecular formula is C21H27N3O5S2. The van der Waals surface area contributed by atoms with Crippen LogP contribution in [0.2, 0.25) is 0 Å². The Morgan fingerprint density at radius 3 is 2.29 bits per heavy atom. The number of hydrogen-bond donors (Lipinski definition) is 3. The second kappa shape index (κ2) is 10.7. The number of carbonyl (C=O) groups excluding carboxylic acids is 1. The molecule has 3 N–H and O–H groups in total. The number of ether oxygens (including phenoxy) is 2. The maximum absolute atomic E-state index is 12.6. The van der Waals surface area contributed by atoms with Crippen molar-refractivity contribution < 1.29 is 22.7 Å². The Balaban J connectivity index is 2.01. The van der Waals surface area contributed by atoms with Crippen molar-refractivity contribution in [3.8, 4) is 5.75 Å². The van der Waals surface area contributed by atoms with Crippen molar-refractivity contribution in [2.24, 2.45) is 0 Å². The third-order valence-electron chi connectivity index (χ3n) is 3.77. The Kier molecular flexibility index (Phi) is 8.52. The molecule has 168 valence electrons. The van der Waals surface area contributed by atoms with E-state index < -0.39 is 21.5 Å². The fraction of sp³-hybridized carbons (Fsp3) is 0.333. The van der Waals surface area contributed by atoms with Crippen LogP contribution < -0.4 is 20.1 Å². The van der Waals surface area contributed by atoms with Crippen molar-refractivity contribution in [3.05, 3.63) is 54.1 Å². The molecule has 0 aliphatic heterocycles. The van der Waals surface area contributed by atoms with Crippen LogP contribution in [-0.4, -0.2) is 45.3 Å². The van der Waals surface area contributed by atoms with Crippen molar-refractivity contribution in [2.75, 3.05) is 25.6 Å². The lowest BCUT2D eigenvalue weighted by atomic mass is 10.1. The van der Waals surface area contributed by atoms with E-state index >= 15 is 0 Å². The smallest absolute Gasteiger partial charge is 0.261 e. The lowest BCUT2D eigenvalue weighted by Gasteiger charge is -2.20. The largest absolute Gasteiger partial charge is 0.490 e. The van der Waals surface area contributed by atoms with Crippen LogP contribution in [0.5, 0.6) is 5.75 Å². The highest BCUT2D eigenvalue weighted by molar-refractivity contribution is 7.89. The zero-order valence-corrected chi connectivity index (χ0v) is 19.5. The van der Waals surface area contributed by atoms with Gasteiger partial charge >= 0.3 is 0 Å². The summed E-state index contributed by atoms with van der Waals surface area (Å²) in [5, 5.41) is 5.53. The molecule has 2 aromatic carbocycles. The highest BCUT2D eigenvalue weighted by atomic mass is 32.2. The molecule has 0 fully saturated rings. The molecule has 31 heavy (non-hydrogen) atoms.